The minimum atomic E-state index is -4.03. The van der Waals surface area contributed by atoms with Gasteiger partial charge in [-0.05, 0) is 36.4 Å². The van der Waals surface area contributed by atoms with Crippen molar-refractivity contribution < 1.29 is 32.2 Å². The Bertz CT molecular complexity index is 1260. The average molecular weight is 473 g/mol. The van der Waals surface area contributed by atoms with Gasteiger partial charge < -0.3 is 24.3 Å². The van der Waals surface area contributed by atoms with E-state index in [2.05, 4.69) is 10.0 Å². The van der Waals surface area contributed by atoms with Gasteiger partial charge in [0.1, 0.15) is 11.5 Å². The molecule has 0 aliphatic carbocycles. The number of methoxy groups -OCH3 is 4. The van der Waals surface area contributed by atoms with Crippen LogP contribution in [0.1, 0.15) is 10.4 Å². The summed E-state index contributed by atoms with van der Waals surface area (Å²) in [6.45, 7) is 0. The Hall–Kier alpha value is -3.92. The van der Waals surface area contributed by atoms with Crippen LogP contribution in [0.3, 0.4) is 0 Å². The zero-order valence-electron chi connectivity index (χ0n) is 18.5. The second-order valence-corrected chi connectivity index (χ2v) is 8.37. The van der Waals surface area contributed by atoms with Gasteiger partial charge in [0.05, 0.1) is 50.3 Å². The third-order valence-electron chi connectivity index (χ3n) is 4.74. The van der Waals surface area contributed by atoms with Crippen molar-refractivity contribution in [1.29, 1.82) is 0 Å². The van der Waals surface area contributed by atoms with Gasteiger partial charge >= 0.3 is 0 Å². The fourth-order valence-corrected chi connectivity index (χ4v) is 4.14. The fraction of sp³-hybridized carbons (Fsp3) is 0.174. The molecule has 3 aromatic carbocycles. The Morgan fingerprint density at radius 3 is 2.09 bits per heavy atom. The van der Waals surface area contributed by atoms with Crippen LogP contribution < -0.4 is 29.0 Å². The average Bonchev–Trinajstić information content (AvgIpc) is 2.83. The highest BCUT2D eigenvalue weighted by Crippen LogP contribution is 2.32. The summed E-state index contributed by atoms with van der Waals surface area (Å²) in [6, 6.07) is 15.4. The summed E-state index contributed by atoms with van der Waals surface area (Å²) in [5.41, 5.74) is 0.637. The number of anilines is 2. The molecular weight excluding hydrogens is 448 g/mol. The molecule has 2 N–H and O–H groups in total. The molecule has 33 heavy (non-hydrogen) atoms. The number of sulfonamides is 1. The first-order chi connectivity index (χ1) is 15.8. The Balaban J connectivity index is 1.90. The summed E-state index contributed by atoms with van der Waals surface area (Å²) >= 11 is 0. The molecule has 0 aliphatic rings. The predicted molar refractivity (Wildman–Crippen MR) is 124 cm³/mol. The van der Waals surface area contributed by atoms with Crippen LogP contribution in [0, 0.1) is 0 Å². The number of nitrogens with one attached hydrogen (secondary N) is 2. The summed E-state index contributed by atoms with van der Waals surface area (Å²) < 4.78 is 49.3. The van der Waals surface area contributed by atoms with Gasteiger partial charge in [-0.3, -0.25) is 9.52 Å². The maximum Gasteiger partial charge on any atom is 0.262 e. The van der Waals surface area contributed by atoms with E-state index in [0.29, 0.717) is 22.9 Å². The lowest BCUT2D eigenvalue weighted by Gasteiger charge is -2.15. The van der Waals surface area contributed by atoms with Gasteiger partial charge in [-0.2, -0.15) is 0 Å². The lowest BCUT2D eigenvalue weighted by molar-refractivity contribution is 0.102. The smallest absolute Gasteiger partial charge is 0.262 e. The topological polar surface area (TPSA) is 112 Å². The van der Waals surface area contributed by atoms with Gasteiger partial charge in [0.2, 0.25) is 0 Å². The van der Waals surface area contributed by atoms with Gasteiger partial charge in [-0.25, -0.2) is 8.42 Å². The number of carbonyl (C=O) groups excluding carboxylic acids is 1. The molecule has 3 rings (SSSR count). The highest BCUT2D eigenvalue weighted by atomic mass is 32.2. The largest absolute Gasteiger partial charge is 0.497 e. The van der Waals surface area contributed by atoms with Crippen molar-refractivity contribution in [3.8, 4) is 23.0 Å². The van der Waals surface area contributed by atoms with Gasteiger partial charge in [0.25, 0.3) is 15.9 Å². The summed E-state index contributed by atoms with van der Waals surface area (Å²) in [5, 5.41) is 2.74. The zero-order valence-corrected chi connectivity index (χ0v) is 19.4. The van der Waals surface area contributed by atoms with E-state index >= 15 is 0 Å². The maximum atomic E-state index is 13.0. The van der Waals surface area contributed by atoms with Crippen molar-refractivity contribution in [1.82, 2.24) is 0 Å². The number of hydrogen-bond donors (Lipinski definition) is 2. The Labute approximate surface area is 192 Å². The molecule has 3 aromatic rings. The van der Waals surface area contributed by atoms with E-state index in [1.54, 1.807) is 30.3 Å². The normalized spacial score (nSPS) is 10.8. The van der Waals surface area contributed by atoms with Crippen LogP contribution in [0.2, 0.25) is 0 Å². The number of para-hydroxylation sites is 1. The quantitative estimate of drug-likeness (QED) is 0.487. The third kappa shape index (κ3) is 5.29. The van der Waals surface area contributed by atoms with Crippen LogP contribution in [0.4, 0.5) is 11.4 Å². The molecule has 0 heterocycles. The van der Waals surface area contributed by atoms with E-state index in [9.17, 15) is 13.2 Å². The SMILES string of the molecule is COc1ccc(NC(=O)c2ccccc2NS(=O)(=O)c2ccc(OC)c(OC)c2)c(OC)c1. The molecule has 174 valence electrons. The molecule has 0 aromatic heterocycles. The first-order valence-corrected chi connectivity index (χ1v) is 11.2. The first-order valence-electron chi connectivity index (χ1n) is 9.70. The fourth-order valence-electron chi connectivity index (χ4n) is 3.05. The minimum absolute atomic E-state index is 0.0489. The molecule has 0 radical (unpaired) electrons. The molecule has 0 bridgehead atoms. The van der Waals surface area contributed by atoms with Crippen molar-refractivity contribution in [3.63, 3.8) is 0 Å². The van der Waals surface area contributed by atoms with Crippen molar-refractivity contribution in [2.24, 2.45) is 0 Å². The van der Waals surface area contributed by atoms with Crippen LogP contribution in [-0.4, -0.2) is 42.8 Å². The molecule has 0 aliphatic heterocycles. The molecule has 0 unspecified atom stereocenters. The van der Waals surface area contributed by atoms with Gasteiger partial charge in [-0.1, -0.05) is 12.1 Å². The van der Waals surface area contributed by atoms with E-state index in [1.807, 2.05) is 0 Å². The predicted octanol–water partition coefficient (Wildman–Crippen LogP) is 3.77. The van der Waals surface area contributed by atoms with Gasteiger partial charge in [0.15, 0.2) is 11.5 Å². The van der Waals surface area contributed by atoms with Crippen molar-refractivity contribution in [2.75, 3.05) is 38.5 Å². The van der Waals surface area contributed by atoms with Crippen LogP contribution in [0.25, 0.3) is 0 Å². The highest BCUT2D eigenvalue weighted by molar-refractivity contribution is 7.92. The van der Waals surface area contributed by atoms with Crippen LogP contribution in [0.15, 0.2) is 65.6 Å². The molecule has 0 atom stereocenters. The van der Waals surface area contributed by atoms with E-state index in [0.717, 1.165) is 0 Å². The number of amides is 1. The van der Waals surface area contributed by atoms with Crippen LogP contribution >= 0.6 is 0 Å². The molecular formula is C23H24N2O7S. The Morgan fingerprint density at radius 1 is 0.727 bits per heavy atom. The Kier molecular flexibility index (Phi) is 7.29. The number of ether oxygens (including phenoxy) is 4. The number of carbonyl (C=O) groups is 1. The molecule has 0 saturated heterocycles. The monoisotopic (exact) mass is 472 g/mol. The lowest BCUT2D eigenvalue weighted by atomic mass is 10.1. The molecule has 1 amide bonds. The molecule has 9 nitrogen and oxygen atoms in total. The van der Waals surface area contributed by atoms with Crippen molar-refractivity contribution >= 4 is 27.3 Å². The van der Waals surface area contributed by atoms with E-state index < -0.39 is 15.9 Å². The van der Waals surface area contributed by atoms with E-state index in [1.165, 1.54) is 58.8 Å². The molecule has 0 fully saturated rings. The standard InChI is InChI=1S/C23H24N2O7S/c1-29-15-9-11-19(21(13-15)31-3)24-23(26)17-7-5-6-8-18(17)25-33(27,28)16-10-12-20(30-2)22(14-16)32-4/h5-14,25H,1-4H3,(H,24,26). The third-order valence-corrected chi connectivity index (χ3v) is 6.10. The van der Waals surface area contributed by atoms with Crippen LogP contribution in [0.5, 0.6) is 23.0 Å². The number of benzene rings is 3. The lowest BCUT2D eigenvalue weighted by Crippen LogP contribution is -2.19. The number of rotatable bonds is 9. The second-order valence-electron chi connectivity index (χ2n) is 6.69. The van der Waals surface area contributed by atoms with E-state index in [4.69, 9.17) is 18.9 Å². The summed E-state index contributed by atoms with van der Waals surface area (Å²) in [6.07, 6.45) is 0. The maximum absolute atomic E-state index is 13.0. The van der Waals surface area contributed by atoms with Crippen molar-refractivity contribution in [3.05, 3.63) is 66.2 Å². The Morgan fingerprint density at radius 2 is 1.42 bits per heavy atom. The second kappa shape index (κ2) is 10.1. The summed E-state index contributed by atoms with van der Waals surface area (Å²) in [5.74, 6) is 1.09. The zero-order chi connectivity index (χ0) is 24.0. The summed E-state index contributed by atoms with van der Waals surface area (Å²) in [7, 11) is 1.83. The van der Waals surface area contributed by atoms with Crippen LogP contribution in [-0.2, 0) is 10.0 Å². The molecule has 10 heteroatoms. The van der Waals surface area contributed by atoms with Crippen molar-refractivity contribution in [2.45, 2.75) is 4.90 Å². The summed E-state index contributed by atoms with van der Waals surface area (Å²) in [4.78, 5) is 12.9. The van der Waals surface area contributed by atoms with Gasteiger partial charge in [0, 0.05) is 12.1 Å². The molecule has 0 saturated carbocycles. The van der Waals surface area contributed by atoms with Gasteiger partial charge in [-0.15, -0.1) is 0 Å². The number of hydrogen-bond acceptors (Lipinski definition) is 7. The minimum Gasteiger partial charge on any atom is -0.497 e. The molecule has 0 spiro atoms. The highest BCUT2D eigenvalue weighted by Gasteiger charge is 2.21. The van der Waals surface area contributed by atoms with E-state index in [-0.39, 0.29) is 21.9 Å². The first kappa shape index (κ1) is 23.7.